The van der Waals surface area contributed by atoms with Crippen molar-refractivity contribution in [3.8, 4) is 0 Å². The van der Waals surface area contributed by atoms with Crippen LogP contribution >= 0.6 is 0 Å². The van der Waals surface area contributed by atoms with E-state index in [0.717, 1.165) is 22.0 Å². The SMILES string of the molecule is CC(NC(=O)c1cc2ccccc2n1C)C(=O)NC(Cc1ccccc1)C(=O)OCc1ccccc1. The molecule has 2 unspecified atom stereocenters. The van der Waals surface area contributed by atoms with Crippen molar-refractivity contribution in [2.45, 2.75) is 32.0 Å². The predicted octanol–water partition coefficient (Wildman–Crippen LogP) is 3.77. The zero-order chi connectivity index (χ0) is 25.5. The maximum absolute atomic E-state index is 13.0. The van der Waals surface area contributed by atoms with Crippen LogP contribution in [0.1, 0.15) is 28.5 Å². The van der Waals surface area contributed by atoms with E-state index in [2.05, 4.69) is 10.6 Å². The van der Waals surface area contributed by atoms with Crippen LogP contribution in [0.25, 0.3) is 10.9 Å². The van der Waals surface area contributed by atoms with E-state index in [0.29, 0.717) is 5.69 Å². The molecule has 2 amide bonds. The van der Waals surface area contributed by atoms with Crippen LogP contribution in [0.5, 0.6) is 0 Å². The predicted molar refractivity (Wildman–Crippen MR) is 138 cm³/mol. The van der Waals surface area contributed by atoms with Crippen molar-refractivity contribution in [3.63, 3.8) is 0 Å². The molecule has 0 spiro atoms. The lowest BCUT2D eigenvalue weighted by Gasteiger charge is -2.21. The molecule has 1 heterocycles. The van der Waals surface area contributed by atoms with Gasteiger partial charge in [-0.1, -0.05) is 78.9 Å². The van der Waals surface area contributed by atoms with Crippen LogP contribution in [0, 0.1) is 0 Å². The fraction of sp³-hybridized carbons (Fsp3) is 0.207. The summed E-state index contributed by atoms with van der Waals surface area (Å²) in [7, 11) is 1.81. The van der Waals surface area contributed by atoms with Gasteiger partial charge in [0.1, 0.15) is 24.4 Å². The normalized spacial score (nSPS) is 12.5. The van der Waals surface area contributed by atoms with Crippen LogP contribution in [0.15, 0.2) is 91.0 Å². The van der Waals surface area contributed by atoms with Gasteiger partial charge in [0.05, 0.1) is 0 Å². The number of amides is 2. The van der Waals surface area contributed by atoms with Gasteiger partial charge in [0.15, 0.2) is 0 Å². The molecule has 0 aliphatic rings. The van der Waals surface area contributed by atoms with Crippen LogP contribution in [0.2, 0.25) is 0 Å². The molecule has 0 aliphatic heterocycles. The zero-order valence-corrected chi connectivity index (χ0v) is 20.3. The number of fused-ring (bicyclic) bond motifs is 1. The number of benzene rings is 3. The summed E-state index contributed by atoms with van der Waals surface area (Å²) in [5.41, 5.74) is 3.10. The van der Waals surface area contributed by atoms with Gasteiger partial charge in [0.2, 0.25) is 5.91 Å². The highest BCUT2D eigenvalue weighted by molar-refractivity contribution is 6.01. The molecule has 4 aromatic rings. The standard InChI is InChI=1S/C29H29N3O4/c1-20(30-28(34)26-18-23-15-9-10-16-25(23)32(26)2)27(33)31-24(17-21-11-5-3-6-12-21)29(35)36-19-22-13-7-4-8-14-22/h3-16,18,20,24H,17,19H2,1-2H3,(H,30,34)(H,31,33). The Labute approximate surface area is 210 Å². The first-order valence-corrected chi connectivity index (χ1v) is 11.8. The number of aryl methyl sites for hydroxylation is 1. The summed E-state index contributed by atoms with van der Waals surface area (Å²) in [6, 6.07) is 26.4. The number of aromatic nitrogens is 1. The molecule has 4 rings (SSSR count). The number of esters is 1. The van der Waals surface area contributed by atoms with E-state index < -0.39 is 24.0 Å². The Bertz CT molecular complexity index is 1350. The highest BCUT2D eigenvalue weighted by Gasteiger charge is 2.26. The first kappa shape index (κ1) is 24.7. The van der Waals surface area contributed by atoms with E-state index >= 15 is 0 Å². The topological polar surface area (TPSA) is 89.4 Å². The van der Waals surface area contributed by atoms with Gasteiger partial charge < -0.3 is 19.9 Å². The Morgan fingerprint density at radius 2 is 1.44 bits per heavy atom. The Balaban J connectivity index is 1.43. The van der Waals surface area contributed by atoms with Gasteiger partial charge in [-0.15, -0.1) is 0 Å². The molecule has 184 valence electrons. The summed E-state index contributed by atoms with van der Waals surface area (Å²) in [6.45, 7) is 1.69. The van der Waals surface area contributed by atoms with Gasteiger partial charge >= 0.3 is 5.97 Å². The second-order valence-electron chi connectivity index (χ2n) is 8.69. The van der Waals surface area contributed by atoms with Gasteiger partial charge in [0.25, 0.3) is 5.91 Å². The van der Waals surface area contributed by atoms with Crippen LogP contribution in [-0.2, 0) is 34.4 Å². The molecule has 7 heteroatoms. The number of para-hydroxylation sites is 1. The highest BCUT2D eigenvalue weighted by atomic mass is 16.5. The molecular weight excluding hydrogens is 454 g/mol. The number of hydrogen-bond donors (Lipinski definition) is 2. The van der Waals surface area contributed by atoms with Crippen molar-refractivity contribution in [2.24, 2.45) is 7.05 Å². The van der Waals surface area contributed by atoms with Crippen LogP contribution in [0.4, 0.5) is 0 Å². The average Bonchev–Trinajstić information content (AvgIpc) is 3.24. The molecule has 7 nitrogen and oxygen atoms in total. The molecule has 3 aromatic carbocycles. The third-order valence-electron chi connectivity index (χ3n) is 6.03. The summed E-state index contributed by atoms with van der Waals surface area (Å²) >= 11 is 0. The molecular formula is C29H29N3O4. The number of nitrogens with one attached hydrogen (secondary N) is 2. The van der Waals surface area contributed by atoms with E-state index in [9.17, 15) is 14.4 Å². The Morgan fingerprint density at radius 3 is 2.11 bits per heavy atom. The van der Waals surface area contributed by atoms with Crippen molar-refractivity contribution in [3.05, 3.63) is 108 Å². The maximum atomic E-state index is 13.0. The number of carbonyl (C=O) groups is 3. The van der Waals surface area contributed by atoms with Gasteiger partial charge in [-0.2, -0.15) is 0 Å². The summed E-state index contributed by atoms with van der Waals surface area (Å²) in [4.78, 5) is 38.9. The number of carbonyl (C=O) groups excluding carboxylic acids is 3. The quantitative estimate of drug-likeness (QED) is 0.355. The van der Waals surface area contributed by atoms with Crippen molar-refractivity contribution in [1.82, 2.24) is 15.2 Å². The van der Waals surface area contributed by atoms with Crippen LogP contribution in [-0.4, -0.2) is 34.4 Å². The Kier molecular flexibility index (Phi) is 7.80. The minimum absolute atomic E-state index is 0.105. The molecule has 1 aromatic heterocycles. The largest absolute Gasteiger partial charge is 0.459 e. The van der Waals surface area contributed by atoms with Crippen molar-refractivity contribution >= 4 is 28.7 Å². The second-order valence-corrected chi connectivity index (χ2v) is 8.69. The minimum atomic E-state index is -0.902. The Hall–Kier alpha value is -4.39. The number of rotatable bonds is 9. The number of hydrogen-bond acceptors (Lipinski definition) is 4. The third kappa shape index (κ3) is 5.99. The second kappa shape index (κ2) is 11.4. The zero-order valence-electron chi connectivity index (χ0n) is 20.3. The van der Waals surface area contributed by atoms with Crippen molar-refractivity contribution in [1.29, 1.82) is 0 Å². The van der Waals surface area contributed by atoms with Crippen molar-refractivity contribution < 1.29 is 19.1 Å². The summed E-state index contributed by atoms with van der Waals surface area (Å²) in [6.07, 6.45) is 0.268. The van der Waals surface area contributed by atoms with E-state index in [1.807, 2.05) is 84.9 Å². The maximum Gasteiger partial charge on any atom is 0.329 e. The molecule has 0 saturated carbocycles. The lowest BCUT2D eigenvalue weighted by atomic mass is 10.1. The van der Waals surface area contributed by atoms with Gasteiger partial charge in [-0.25, -0.2) is 4.79 Å². The van der Waals surface area contributed by atoms with E-state index in [1.54, 1.807) is 24.6 Å². The molecule has 0 aliphatic carbocycles. The van der Waals surface area contributed by atoms with E-state index in [4.69, 9.17) is 4.74 Å². The molecule has 0 bridgehead atoms. The first-order valence-electron chi connectivity index (χ1n) is 11.8. The molecule has 2 N–H and O–H groups in total. The van der Waals surface area contributed by atoms with Crippen molar-refractivity contribution in [2.75, 3.05) is 0 Å². The monoisotopic (exact) mass is 483 g/mol. The summed E-state index contributed by atoms with van der Waals surface area (Å²) in [5, 5.41) is 6.44. The molecule has 0 fully saturated rings. The van der Waals surface area contributed by atoms with Crippen LogP contribution in [0.3, 0.4) is 0 Å². The third-order valence-corrected chi connectivity index (χ3v) is 6.03. The smallest absolute Gasteiger partial charge is 0.329 e. The van der Waals surface area contributed by atoms with Crippen LogP contribution < -0.4 is 10.6 Å². The molecule has 36 heavy (non-hydrogen) atoms. The van der Waals surface area contributed by atoms with E-state index in [1.165, 1.54) is 0 Å². The highest BCUT2D eigenvalue weighted by Crippen LogP contribution is 2.18. The Morgan fingerprint density at radius 1 is 0.833 bits per heavy atom. The number of ether oxygens (including phenoxy) is 1. The fourth-order valence-electron chi connectivity index (χ4n) is 4.01. The molecule has 0 radical (unpaired) electrons. The first-order chi connectivity index (χ1) is 17.4. The fourth-order valence-corrected chi connectivity index (χ4v) is 4.01. The van der Waals surface area contributed by atoms with E-state index in [-0.39, 0.29) is 18.9 Å². The van der Waals surface area contributed by atoms with Gasteiger partial charge in [0, 0.05) is 24.4 Å². The number of nitrogens with zero attached hydrogens (tertiary/aromatic N) is 1. The summed E-state index contributed by atoms with van der Waals surface area (Å²) < 4.78 is 7.28. The molecule has 2 atom stereocenters. The lowest BCUT2D eigenvalue weighted by Crippen LogP contribution is -2.51. The molecule has 0 saturated heterocycles. The lowest BCUT2D eigenvalue weighted by molar-refractivity contribution is -0.149. The van der Waals surface area contributed by atoms with Gasteiger partial charge in [-0.05, 0) is 30.2 Å². The van der Waals surface area contributed by atoms with Gasteiger partial charge in [-0.3, -0.25) is 9.59 Å². The average molecular weight is 484 g/mol. The minimum Gasteiger partial charge on any atom is -0.459 e. The summed E-state index contributed by atoms with van der Waals surface area (Å²) in [5.74, 6) is -1.38.